The molecule has 1 aromatic rings. The van der Waals surface area contributed by atoms with E-state index < -0.39 is 10.1 Å². The Kier molecular flexibility index (Phi) is 3.28. The van der Waals surface area contributed by atoms with Crippen molar-refractivity contribution < 1.29 is 17.3 Å². The van der Waals surface area contributed by atoms with Crippen LogP contribution in [0.5, 0.6) is 0 Å². The highest BCUT2D eigenvalue weighted by Crippen LogP contribution is 2.17. The monoisotopic (exact) mass is 242 g/mol. The third-order valence-corrected chi connectivity index (χ3v) is 3.73. The van der Waals surface area contributed by atoms with Crippen LogP contribution >= 0.6 is 0 Å². The number of epoxide rings is 1. The van der Waals surface area contributed by atoms with E-state index in [1.165, 1.54) is 0 Å². The summed E-state index contributed by atoms with van der Waals surface area (Å²) in [5.41, 5.74) is 1.10. The maximum absolute atomic E-state index is 11.7. The van der Waals surface area contributed by atoms with Gasteiger partial charge in [-0.1, -0.05) is 19.1 Å². The van der Waals surface area contributed by atoms with Gasteiger partial charge in [-0.2, -0.15) is 8.42 Å². The second-order valence-corrected chi connectivity index (χ2v) is 5.31. The molecule has 0 unspecified atom stereocenters. The molecule has 0 radical (unpaired) electrons. The Morgan fingerprint density at radius 2 is 2.00 bits per heavy atom. The number of benzene rings is 1. The van der Waals surface area contributed by atoms with Crippen LogP contribution in [-0.4, -0.2) is 27.7 Å². The van der Waals surface area contributed by atoms with E-state index in [4.69, 9.17) is 8.92 Å². The summed E-state index contributed by atoms with van der Waals surface area (Å²) in [4.78, 5) is 0.199. The molecule has 88 valence electrons. The molecular formula is C11H14O4S. The van der Waals surface area contributed by atoms with Gasteiger partial charge >= 0.3 is 0 Å². The van der Waals surface area contributed by atoms with Crippen LogP contribution in [0.1, 0.15) is 12.5 Å². The van der Waals surface area contributed by atoms with Gasteiger partial charge in [-0.05, 0) is 24.1 Å². The number of ether oxygens (including phenoxy) is 1. The fraction of sp³-hybridized carbons (Fsp3) is 0.455. The third-order valence-electron chi connectivity index (χ3n) is 2.43. The van der Waals surface area contributed by atoms with Gasteiger partial charge in [0.05, 0.1) is 18.1 Å². The molecule has 1 fully saturated rings. The van der Waals surface area contributed by atoms with E-state index >= 15 is 0 Å². The molecule has 0 N–H and O–H groups in total. The van der Waals surface area contributed by atoms with Gasteiger partial charge in [-0.15, -0.1) is 0 Å². The molecule has 2 rings (SSSR count). The first-order valence-corrected chi connectivity index (χ1v) is 6.62. The summed E-state index contributed by atoms with van der Waals surface area (Å²) >= 11 is 0. The average Bonchev–Trinajstić information content (AvgIpc) is 3.10. The second kappa shape index (κ2) is 4.53. The molecule has 1 aliphatic heterocycles. The highest BCUT2D eigenvalue weighted by Gasteiger charge is 2.26. The van der Waals surface area contributed by atoms with Gasteiger partial charge in [0.25, 0.3) is 10.1 Å². The van der Waals surface area contributed by atoms with E-state index in [1.54, 1.807) is 24.3 Å². The molecule has 0 bridgehead atoms. The molecule has 1 atom stereocenters. The van der Waals surface area contributed by atoms with Crippen LogP contribution in [0.2, 0.25) is 0 Å². The quantitative estimate of drug-likeness (QED) is 0.577. The SMILES string of the molecule is CCc1ccc(S(=O)(=O)OC[C@@H]2CO2)cc1. The minimum absolute atomic E-state index is 0.0512. The molecule has 1 aromatic carbocycles. The van der Waals surface area contributed by atoms with Crippen LogP contribution in [0.3, 0.4) is 0 Å². The van der Waals surface area contributed by atoms with Gasteiger partial charge in [0.1, 0.15) is 6.10 Å². The van der Waals surface area contributed by atoms with Crippen molar-refractivity contribution in [3.05, 3.63) is 29.8 Å². The van der Waals surface area contributed by atoms with Crippen LogP contribution in [0.4, 0.5) is 0 Å². The number of hydrogen-bond donors (Lipinski definition) is 0. The van der Waals surface area contributed by atoms with Gasteiger partial charge in [0.15, 0.2) is 0 Å². The van der Waals surface area contributed by atoms with Crippen molar-refractivity contribution in [2.45, 2.75) is 24.3 Å². The van der Waals surface area contributed by atoms with Crippen molar-refractivity contribution in [2.75, 3.05) is 13.2 Å². The number of rotatable bonds is 5. The number of hydrogen-bond acceptors (Lipinski definition) is 4. The van der Waals surface area contributed by atoms with Crippen LogP contribution in [0.25, 0.3) is 0 Å². The fourth-order valence-corrected chi connectivity index (χ4v) is 2.23. The molecular weight excluding hydrogens is 228 g/mol. The smallest absolute Gasteiger partial charge is 0.297 e. The van der Waals surface area contributed by atoms with Gasteiger partial charge in [0.2, 0.25) is 0 Å². The Hall–Kier alpha value is -0.910. The molecule has 0 aromatic heterocycles. The lowest BCUT2D eigenvalue weighted by molar-refractivity contribution is 0.266. The lowest BCUT2D eigenvalue weighted by Crippen LogP contribution is -2.10. The van der Waals surface area contributed by atoms with Crippen LogP contribution in [-0.2, 0) is 25.5 Å². The minimum Gasteiger partial charge on any atom is -0.371 e. The number of aryl methyl sites for hydroxylation is 1. The lowest BCUT2D eigenvalue weighted by atomic mass is 10.2. The van der Waals surface area contributed by atoms with E-state index in [0.29, 0.717) is 6.61 Å². The van der Waals surface area contributed by atoms with Gasteiger partial charge < -0.3 is 4.74 Å². The Balaban J connectivity index is 2.07. The van der Waals surface area contributed by atoms with E-state index in [9.17, 15) is 8.42 Å². The van der Waals surface area contributed by atoms with Gasteiger partial charge in [-0.25, -0.2) is 0 Å². The van der Waals surface area contributed by atoms with Gasteiger partial charge in [0, 0.05) is 0 Å². The van der Waals surface area contributed by atoms with Gasteiger partial charge in [-0.3, -0.25) is 4.18 Å². The maximum atomic E-state index is 11.7. The standard InChI is InChI=1S/C11H14O4S/c1-2-9-3-5-11(6-4-9)16(12,13)15-8-10-7-14-10/h3-6,10H,2,7-8H2,1H3/t10-/m0/s1. The summed E-state index contributed by atoms with van der Waals surface area (Å²) in [7, 11) is -3.62. The Morgan fingerprint density at radius 3 is 2.50 bits per heavy atom. The van der Waals surface area contributed by atoms with Crippen molar-refractivity contribution in [3.63, 3.8) is 0 Å². The van der Waals surface area contributed by atoms with Crippen LogP contribution in [0.15, 0.2) is 29.2 Å². The second-order valence-electron chi connectivity index (χ2n) is 3.69. The first kappa shape index (κ1) is 11.6. The molecule has 0 spiro atoms. The Labute approximate surface area is 95.3 Å². The molecule has 4 nitrogen and oxygen atoms in total. The van der Waals surface area contributed by atoms with E-state index in [0.717, 1.165) is 12.0 Å². The van der Waals surface area contributed by atoms with E-state index in [-0.39, 0.29) is 17.6 Å². The summed E-state index contributed by atoms with van der Waals surface area (Å²) in [6.07, 6.45) is 0.835. The fourth-order valence-electron chi connectivity index (χ4n) is 1.29. The first-order valence-electron chi connectivity index (χ1n) is 5.22. The molecule has 1 aliphatic rings. The van der Waals surface area contributed by atoms with Crippen molar-refractivity contribution >= 4 is 10.1 Å². The molecule has 1 heterocycles. The van der Waals surface area contributed by atoms with E-state index in [2.05, 4.69) is 0 Å². The molecule has 1 saturated heterocycles. The zero-order valence-electron chi connectivity index (χ0n) is 9.05. The first-order chi connectivity index (χ1) is 7.62. The maximum Gasteiger partial charge on any atom is 0.297 e. The minimum atomic E-state index is -3.62. The topological polar surface area (TPSA) is 55.9 Å². The van der Waals surface area contributed by atoms with Crippen LogP contribution < -0.4 is 0 Å². The van der Waals surface area contributed by atoms with Crippen molar-refractivity contribution in [1.29, 1.82) is 0 Å². The summed E-state index contributed by atoms with van der Waals surface area (Å²) in [5, 5.41) is 0. The molecule has 0 aliphatic carbocycles. The average molecular weight is 242 g/mol. The predicted octanol–water partition coefficient (Wildman–Crippen LogP) is 1.35. The van der Waals surface area contributed by atoms with Crippen molar-refractivity contribution in [1.82, 2.24) is 0 Å². The molecule has 0 saturated carbocycles. The van der Waals surface area contributed by atoms with E-state index in [1.807, 2.05) is 6.92 Å². The highest BCUT2D eigenvalue weighted by atomic mass is 32.2. The molecule has 16 heavy (non-hydrogen) atoms. The Bertz CT molecular complexity index is 445. The van der Waals surface area contributed by atoms with Crippen molar-refractivity contribution in [2.24, 2.45) is 0 Å². The summed E-state index contributed by atoms with van der Waals surface area (Å²) in [6.45, 7) is 2.71. The van der Waals surface area contributed by atoms with Crippen molar-refractivity contribution in [3.8, 4) is 0 Å². The highest BCUT2D eigenvalue weighted by molar-refractivity contribution is 7.86. The summed E-state index contributed by atoms with van der Waals surface area (Å²) in [6, 6.07) is 6.73. The predicted molar refractivity (Wildman–Crippen MR) is 58.7 cm³/mol. The molecule has 5 heteroatoms. The molecule has 0 amide bonds. The summed E-state index contributed by atoms with van der Waals surface area (Å²) < 4.78 is 33.1. The third kappa shape index (κ3) is 2.81. The summed E-state index contributed by atoms with van der Waals surface area (Å²) in [5.74, 6) is 0. The zero-order chi connectivity index (χ0) is 11.6. The Morgan fingerprint density at radius 1 is 1.38 bits per heavy atom. The normalized spacial score (nSPS) is 19.7. The zero-order valence-corrected chi connectivity index (χ0v) is 9.87. The lowest BCUT2D eigenvalue weighted by Gasteiger charge is -2.04. The largest absolute Gasteiger partial charge is 0.371 e. The van der Waals surface area contributed by atoms with Crippen LogP contribution in [0, 0.1) is 0 Å².